The number of rotatable bonds is 5. The maximum Gasteiger partial charge on any atom is 0.257 e. The van der Waals surface area contributed by atoms with Crippen LogP contribution in [0.15, 0.2) is 42.6 Å². The molecule has 1 aliphatic heterocycles. The first kappa shape index (κ1) is 16.5. The summed E-state index contributed by atoms with van der Waals surface area (Å²) in [7, 11) is 0. The lowest BCUT2D eigenvalue weighted by Gasteiger charge is -2.25. The minimum Gasteiger partial charge on any atom is -0.376 e. The standard InChI is InChI=1S/C18H18F2N2O2/c19-13-6-7-16(17(20)10-13)18(23)22(12-15-5-3-9-24-15)11-14-4-1-2-8-21-14/h1-2,4,6-8,10,15H,3,5,9,11-12H2. The van der Waals surface area contributed by atoms with Gasteiger partial charge in [0.05, 0.1) is 23.9 Å². The van der Waals surface area contributed by atoms with Crippen LogP contribution in [0.3, 0.4) is 0 Å². The summed E-state index contributed by atoms with van der Waals surface area (Å²) in [6, 6.07) is 8.40. The van der Waals surface area contributed by atoms with E-state index >= 15 is 0 Å². The van der Waals surface area contributed by atoms with E-state index in [0.717, 1.165) is 25.0 Å². The molecule has 0 bridgehead atoms. The average Bonchev–Trinajstić information content (AvgIpc) is 3.08. The molecule has 1 atom stereocenters. The van der Waals surface area contributed by atoms with Gasteiger partial charge in [-0.25, -0.2) is 8.78 Å². The van der Waals surface area contributed by atoms with Crippen molar-refractivity contribution < 1.29 is 18.3 Å². The third-order valence-electron chi connectivity index (χ3n) is 3.98. The molecule has 1 amide bonds. The van der Waals surface area contributed by atoms with Gasteiger partial charge in [0, 0.05) is 25.4 Å². The van der Waals surface area contributed by atoms with Crippen LogP contribution in [0, 0.1) is 11.6 Å². The summed E-state index contributed by atoms with van der Waals surface area (Å²) in [6.45, 7) is 1.27. The number of amides is 1. The number of carbonyl (C=O) groups excluding carboxylic acids is 1. The van der Waals surface area contributed by atoms with Crippen LogP contribution in [0.2, 0.25) is 0 Å². The highest BCUT2D eigenvalue weighted by Gasteiger charge is 2.25. The predicted molar refractivity (Wildman–Crippen MR) is 84.3 cm³/mol. The van der Waals surface area contributed by atoms with Crippen LogP contribution in [0.4, 0.5) is 8.78 Å². The zero-order chi connectivity index (χ0) is 16.9. The number of carbonyl (C=O) groups is 1. The van der Waals surface area contributed by atoms with Gasteiger partial charge in [0.15, 0.2) is 0 Å². The van der Waals surface area contributed by atoms with E-state index in [0.29, 0.717) is 18.8 Å². The maximum atomic E-state index is 14.0. The summed E-state index contributed by atoms with van der Waals surface area (Å²) >= 11 is 0. The molecule has 1 aromatic heterocycles. The Morgan fingerprint density at radius 3 is 2.83 bits per heavy atom. The molecule has 1 saturated heterocycles. The third kappa shape index (κ3) is 3.94. The van der Waals surface area contributed by atoms with E-state index in [4.69, 9.17) is 4.74 Å². The summed E-state index contributed by atoms with van der Waals surface area (Å²) in [4.78, 5) is 18.5. The van der Waals surface area contributed by atoms with Gasteiger partial charge in [0.2, 0.25) is 0 Å². The Kier molecular flexibility index (Phi) is 5.15. The molecule has 2 heterocycles. The Balaban J connectivity index is 1.83. The molecule has 1 unspecified atom stereocenters. The fraction of sp³-hybridized carbons (Fsp3) is 0.333. The van der Waals surface area contributed by atoms with Crippen molar-refractivity contribution in [1.82, 2.24) is 9.88 Å². The SMILES string of the molecule is O=C(c1ccc(F)cc1F)N(Cc1ccccn1)CC1CCCO1. The molecule has 0 saturated carbocycles. The quantitative estimate of drug-likeness (QED) is 0.844. The summed E-state index contributed by atoms with van der Waals surface area (Å²) in [5.41, 5.74) is 0.552. The van der Waals surface area contributed by atoms with Crippen molar-refractivity contribution >= 4 is 5.91 Å². The lowest BCUT2D eigenvalue weighted by Crippen LogP contribution is -2.37. The Morgan fingerprint density at radius 1 is 1.29 bits per heavy atom. The summed E-state index contributed by atoms with van der Waals surface area (Å²) in [5, 5.41) is 0. The molecule has 4 nitrogen and oxygen atoms in total. The highest BCUT2D eigenvalue weighted by molar-refractivity contribution is 5.94. The predicted octanol–water partition coefficient (Wildman–Crippen LogP) is 3.18. The second-order valence-electron chi connectivity index (χ2n) is 5.77. The largest absolute Gasteiger partial charge is 0.376 e. The van der Waals surface area contributed by atoms with Gasteiger partial charge in [-0.15, -0.1) is 0 Å². The number of ether oxygens (including phenoxy) is 1. The number of hydrogen-bond donors (Lipinski definition) is 0. The van der Waals surface area contributed by atoms with Crippen molar-refractivity contribution in [2.24, 2.45) is 0 Å². The molecule has 1 fully saturated rings. The average molecular weight is 332 g/mol. The van der Waals surface area contributed by atoms with Gasteiger partial charge in [0.25, 0.3) is 5.91 Å². The van der Waals surface area contributed by atoms with Gasteiger partial charge in [-0.1, -0.05) is 6.07 Å². The molecule has 126 valence electrons. The van der Waals surface area contributed by atoms with E-state index in [-0.39, 0.29) is 18.2 Å². The van der Waals surface area contributed by atoms with Crippen molar-refractivity contribution in [1.29, 1.82) is 0 Å². The zero-order valence-electron chi connectivity index (χ0n) is 13.1. The zero-order valence-corrected chi connectivity index (χ0v) is 13.1. The number of hydrogen-bond acceptors (Lipinski definition) is 3. The Labute approximate surface area is 139 Å². The molecular formula is C18H18F2N2O2. The monoisotopic (exact) mass is 332 g/mol. The first-order valence-electron chi connectivity index (χ1n) is 7.89. The summed E-state index contributed by atoms with van der Waals surface area (Å²) in [6.07, 6.45) is 3.38. The van der Waals surface area contributed by atoms with Crippen LogP contribution < -0.4 is 0 Å². The highest BCUT2D eigenvalue weighted by Crippen LogP contribution is 2.18. The van der Waals surface area contributed by atoms with Crippen molar-refractivity contribution in [3.05, 3.63) is 65.5 Å². The maximum absolute atomic E-state index is 14.0. The smallest absolute Gasteiger partial charge is 0.257 e. The summed E-state index contributed by atoms with van der Waals surface area (Å²) in [5.74, 6) is -2.06. The molecule has 6 heteroatoms. The van der Waals surface area contributed by atoms with E-state index in [1.165, 1.54) is 11.0 Å². The molecule has 0 spiro atoms. The van der Waals surface area contributed by atoms with Crippen molar-refractivity contribution in [3.8, 4) is 0 Å². The molecule has 3 rings (SSSR count). The van der Waals surface area contributed by atoms with Gasteiger partial charge >= 0.3 is 0 Å². The molecule has 24 heavy (non-hydrogen) atoms. The first-order chi connectivity index (χ1) is 11.6. The van der Waals surface area contributed by atoms with Crippen LogP contribution in [0.25, 0.3) is 0 Å². The fourth-order valence-electron chi connectivity index (χ4n) is 2.77. The van der Waals surface area contributed by atoms with Gasteiger partial charge in [0.1, 0.15) is 11.6 Å². The Hall–Kier alpha value is -2.34. The fourth-order valence-corrected chi connectivity index (χ4v) is 2.77. The molecule has 0 radical (unpaired) electrons. The number of aromatic nitrogens is 1. The van der Waals surface area contributed by atoms with Gasteiger partial charge in [-0.3, -0.25) is 9.78 Å². The van der Waals surface area contributed by atoms with Gasteiger partial charge in [-0.2, -0.15) is 0 Å². The molecule has 2 aromatic rings. The Bertz CT molecular complexity index is 703. The normalized spacial score (nSPS) is 17.0. The lowest BCUT2D eigenvalue weighted by atomic mass is 10.1. The summed E-state index contributed by atoms with van der Waals surface area (Å²) < 4.78 is 32.7. The molecule has 1 aromatic carbocycles. The van der Waals surface area contributed by atoms with E-state index in [9.17, 15) is 13.6 Å². The third-order valence-corrected chi connectivity index (χ3v) is 3.98. The minimum absolute atomic E-state index is 0.0684. The second kappa shape index (κ2) is 7.49. The van der Waals surface area contributed by atoms with E-state index in [1.807, 2.05) is 6.07 Å². The number of nitrogens with zero attached hydrogens (tertiary/aromatic N) is 2. The van der Waals surface area contributed by atoms with E-state index in [1.54, 1.807) is 18.3 Å². The molecule has 0 N–H and O–H groups in total. The van der Waals surface area contributed by atoms with Gasteiger partial charge in [-0.05, 0) is 37.1 Å². The van der Waals surface area contributed by atoms with Crippen LogP contribution in [-0.4, -0.2) is 35.0 Å². The van der Waals surface area contributed by atoms with Crippen LogP contribution in [0.5, 0.6) is 0 Å². The van der Waals surface area contributed by atoms with Crippen LogP contribution in [0.1, 0.15) is 28.9 Å². The topological polar surface area (TPSA) is 42.4 Å². The second-order valence-corrected chi connectivity index (χ2v) is 5.77. The van der Waals surface area contributed by atoms with E-state index < -0.39 is 17.5 Å². The first-order valence-corrected chi connectivity index (χ1v) is 7.89. The molecular weight excluding hydrogens is 314 g/mol. The highest BCUT2D eigenvalue weighted by atomic mass is 19.1. The van der Waals surface area contributed by atoms with Crippen LogP contribution >= 0.6 is 0 Å². The number of halogens is 2. The number of pyridine rings is 1. The molecule has 0 aliphatic carbocycles. The minimum atomic E-state index is -0.863. The Morgan fingerprint density at radius 2 is 2.17 bits per heavy atom. The van der Waals surface area contributed by atoms with Crippen molar-refractivity contribution in [2.75, 3.05) is 13.2 Å². The van der Waals surface area contributed by atoms with Crippen molar-refractivity contribution in [3.63, 3.8) is 0 Å². The lowest BCUT2D eigenvalue weighted by molar-refractivity contribution is 0.0501. The van der Waals surface area contributed by atoms with Crippen molar-refractivity contribution in [2.45, 2.75) is 25.5 Å². The van der Waals surface area contributed by atoms with Gasteiger partial charge < -0.3 is 9.64 Å². The van der Waals surface area contributed by atoms with E-state index in [2.05, 4.69) is 4.98 Å². The van der Waals surface area contributed by atoms with Crippen LogP contribution in [-0.2, 0) is 11.3 Å². The molecule has 1 aliphatic rings. The number of benzene rings is 1.